The Labute approximate surface area is 331 Å². The van der Waals surface area contributed by atoms with Crippen LogP contribution in [0.25, 0.3) is 55.8 Å². The lowest BCUT2D eigenvalue weighted by Gasteiger charge is -2.29. The SMILES string of the molecule is C=C(/N=C(\N=C(/C)c1ccc(-c2cc(-c3ccccc3)c(-c3ccccc3)c(-c3ccccc3)c2)cc1)C1(C)C=C(c2ccccc2)C=CC1)c1ccccc1. The molecule has 7 aromatic carbocycles. The van der Waals surface area contributed by atoms with E-state index in [4.69, 9.17) is 9.98 Å². The third-order valence-electron chi connectivity index (χ3n) is 10.6. The van der Waals surface area contributed by atoms with Gasteiger partial charge >= 0.3 is 0 Å². The average Bonchev–Trinajstić information content (AvgIpc) is 3.27. The van der Waals surface area contributed by atoms with E-state index in [0.717, 1.165) is 45.8 Å². The first kappa shape index (κ1) is 36.1. The lowest BCUT2D eigenvalue weighted by Crippen LogP contribution is -2.26. The summed E-state index contributed by atoms with van der Waals surface area (Å²) in [7, 11) is 0. The molecule has 270 valence electrons. The van der Waals surface area contributed by atoms with Gasteiger partial charge < -0.3 is 0 Å². The van der Waals surface area contributed by atoms with Crippen molar-refractivity contribution in [2.45, 2.75) is 20.3 Å². The standard InChI is InChI=1S/C54H44N2/c1-39(41-20-9-4-10-21-41)55-53(54(3)35-19-30-48(38-54)43-22-11-5-12-23-43)56-40(2)42-31-33-44(34-32-42)49-36-50(45-24-13-6-14-25-45)52(47-28-17-8-18-29-47)51(37-49)46-26-15-7-16-27-46/h4-34,36-38H,1,35H2,2-3H3/b55-53-,56-40+. The minimum Gasteiger partial charge on any atom is -0.237 e. The van der Waals surface area contributed by atoms with Crippen molar-refractivity contribution in [3.8, 4) is 44.5 Å². The molecule has 0 aromatic heterocycles. The minimum atomic E-state index is -0.443. The Kier molecular flexibility index (Phi) is 10.5. The van der Waals surface area contributed by atoms with Crippen molar-refractivity contribution in [1.29, 1.82) is 0 Å². The van der Waals surface area contributed by atoms with Gasteiger partial charge in [0.15, 0.2) is 0 Å². The first-order chi connectivity index (χ1) is 27.4. The molecule has 0 saturated carbocycles. The molecule has 1 aliphatic rings. The summed E-state index contributed by atoms with van der Waals surface area (Å²) in [5, 5.41) is 0. The summed E-state index contributed by atoms with van der Waals surface area (Å²) in [4.78, 5) is 10.5. The summed E-state index contributed by atoms with van der Waals surface area (Å²) in [6.45, 7) is 8.69. The number of allylic oxidation sites excluding steroid dienone is 3. The smallest absolute Gasteiger partial charge is 0.139 e. The summed E-state index contributed by atoms with van der Waals surface area (Å²) in [5.41, 5.74) is 15.0. The fourth-order valence-corrected chi connectivity index (χ4v) is 7.49. The molecule has 0 heterocycles. The van der Waals surface area contributed by atoms with Gasteiger partial charge in [-0.15, -0.1) is 0 Å². The zero-order chi connectivity index (χ0) is 38.3. The fourth-order valence-electron chi connectivity index (χ4n) is 7.49. The van der Waals surface area contributed by atoms with Crippen LogP contribution in [0.4, 0.5) is 0 Å². The first-order valence-corrected chi connectivity index (χ1v) is 19.2. The number of benzene rings is 7. The Morgan fingerprint density at radius 2 is 0.982 bits per heavy atom. The topological polar surface area (TPSA) is 24.7 Å². The number of nitrogens with zero attached hydrogens (tertiary/aromatic N) is 2. The van der Waals surface area contributed by atoms with Crippen LogP contribution in [0.3, 0.4) is 0 Å². The molecule has 0 spiro atoms. The number of rotatable bonds is 9. The van der Waals surface area contributed by atoms with Crippen LogP contribution in [-0.2, 0) is 0 Å². The lowest BCUT2D eigenvalue weighted by molar-refractivity contribution is 0.598. The van der Waals surface area contributed by atoms with Crippen molar-refractivity contribution >= 4 is 22.8 Å². The van der Waals surface area contributed by atoms with Crippen LogP contribution in [0.1, 0.15) is 37.0 Å². The van der Waals surface area contributed by atoms with Gasteiger partial charge in [0.2, 0.25) is 0 Å². The lowest BCUT2D eigenvalue weighted by atomic mass is 9.78. The summed E-state index contributed by atoms with van der Waals surface area (Å²) in [6.07, 6.45) is 7.54. The van der Waals surface area contributed by atoms with Crippen LogP contribution in [0, 0.1) is 5.41 Å². The van der Waals surface area contributed by atoms with E-state index in [1.807, 2.05) is 30.3 Å². The van der Waals surface area contributed by atoms with Crippen LogP contribution in [-0.4, -0.2) is 11.5 Å². The zero-order valence-electron chi connectivity index (χ0n) is 31.9. The van der Waals surface area contributed by atoms with Crippen LogP contribution < -0.4 is 0 Å². The van der Waals surface area contributed by atoms with E-state index in [0.29, 0.717) is 5.70 Å². The Hall–Kier alpha value is -6.90. The van der Waals surface area contributed by atoms with Gasteiger partial charge in [0, 0.05) is 11.1 Å². The molecule has 2 nitrogen and oxygen atoms in total. The molecular formula is C54H44N2. The van der Waals surface area contributed by atoms with E-state index in [1.165, 1.54) is 38.9 Å². The Morgan fingerprint density at radius 1 is 0.500 bits per heavy atom. The quantitative estimate of drug-likeness (QED) is 0.105. The van der Waals surface area contributed by atoms with Crippen LogP contribution >= 0.6 is 0 Å². The maximum Gasteiger partial charge on any atom is 0.139 e. The fraction of sp³-hybridized carbons (Fsp3) is 0.0741. The van der Waals surface area contributed by atoms with Gasteiger partial charge in [-0.25, -0.2) is 9.98 Å². The van der Waals surface area contributed by atoms with Crippen LogP contribution in [0.2, 0.25) is 0 Å². The Balaban J connectivity index is 1.21. The monoisotopic (exact) mass is 720 g/mol. The third-order valence-corrected chi connectivity index (χ3v) is 10.6. The zero-order valence-corrected chi connectivity index (χ0v) is 31.9. The normalized spacial score (nSPS) is 15.6. The van der Waals surface area contributed by atoms with Crippen molar-refractivity contribution in [1.82, 2.24) is 0 Å². The van der Waals surface area contributed by atoms with Gasteiger partial charge in [0.1, 0.15) is 5.84 Å². The molecule has 0 amide bonds. The van der Waals surface area contributed by atoms with Crippen molar-refractivity contribution < 1.29 is 0 Å². The molecule has 1 aliphatic carbocycles. The predicted molar refractivity (Wildman–Crippen MR) is 240 cm³/mol. The van der Waals surface area contributed by atoms with Gasteiger partial charge in [-0.3, -0.25) is 0 Å². The highest BCUT2D eigenvalue weighted by Crippen LogP contribution is 2.43. The Morgan fingerprint density at radius 3 is 1.52 bits per heavy atom. The van der Waals surface area contributed by atoms with E-state index >= 15 is 0 Å². The predicted octanol–water partition coefficient (Wildman–Crippen LogP) is 14.3. The van der Waals surface area contributed by atoms with Gasteiger partial charge in [0.25, 0.3) is 0 Å². The second kappa shape index (κ2) is 16.2. The summed E-state index contributed by atoms with van der Waals surface area (Å²) >= 11 is 0. The van der Waals surface area contributed by atoms with Crippen molar-refractivity contribution in [3.63, 3.8) is 0 Å². The second-order valence-corrected chi connectivity index (χ2v) is 14.6. The van der Waals surface area contributed by atoms with Crippen molar-refractivity contribution in [2.24, 2.45) is 15.4 Å². The third kappa shape index (κ3) is 7.83. The molecule has 0 saturated heterocycles. The molecule has 56 heavy (non-hydrogen) atoms. The first-order valence-electron chi connectivity index (χ1n) is 19.2. The average molecular weight is 721 g/mol. The molecule has 0 fully saturated rings. The van der Waals surface area contributed by atoms with E-state index in [9.17, 15) is 0 Å². The molecular weight excluding hydrogens is 677 g/mol. The molecule has 0 N–H and O–H groups in total. The Bertz CT molecular complexity index is 2520. The van der Waals surface area contributed by atoms with E-state index < -0.39 is 5.41 Å². The summed E-state index contributed by atoms with van der Waals surface area (Å²) in [5.74, 6) is 0.738. The van der Waals surface area contributed by atoms with Crippen molar-refractivity contribution in [3.05, 3.63) is 230 Å². The molecule has 1 atom stereocenters. The van der Waals surface area contributed by atoms with E-state index in [1.54, 1.807) is 0 Å². The number of aliphatic imine (C=N–C) groups is 2. The number of hydrogen-bond acceptors (Lipinski definition) is 1. The second-order valence-electron chi connectivity index (χ2n) is 14.6. The highest BCUT2D eigenvalue weighted by molar-refractivity contribution is 6.10. The molecule has 2 heteroatoms. The summed E-state index contributed by atoms with van der Waals surface area (Å²) in [6, 6.07) is 66.3. The number of amidine groups is 1. The van der Waals surface area contributed by atoms with Crippen LogP contribution in [0.5, 0.6) is 0 Å². The van der Waals surface area contributed by atoms with Gasteiger partial charge in [0.05, 0.1) is 5.70 Å². The van der Waals surface area contributed by atoms with Crippen LogP contribution in [0.15, 0.2) is 223 Å². The molecule has 1 unspecified atom stereocenters. The molecule has 7 aromatic rings. The molecule has 0 aliphatic heterocycles. The maximum atomic E-state index is 5.32. The minimum absolute atomic E-state index is 0.443. The largest absolute Gasteiger partial charge is 0.237 e. The van der Waals surface area contributed by atoms with E-state index in [-0.39, 0.29) is 0 Å². The van der Waals surface area contributed by atoms with Gasteiger partial charge in [-0.2, -0.15) is 0 Å². The molecule has 0 bridgehead atoms. The molecule has 0 radical (unpaired) electrons. The van der Waals surface area contributed by atoms with Crippen molar-refractivity contribution in [2.75, 3.05) is 0 Å². The molecule has 8 rings (SSSR count). The summed E-state index contributed by atoms with van der Waals surface area (Å²) < 4.78 is 0. The maximum absolute atomic E-state index is 5.32. The van der Waals surface area contributed by atoms with Gasteiger partial charge in [-0.05, 0) is 99.2 Å². The number of hydrogen-bond donors (Lipinski definition) is 0. The highest BCUT2D eigenvalue weighted by atomic mass is 15.0. The van der Waals surface area contributed by atoms with E-state index in [2.05, 4.69) is 196 Å². The highest BCUT2D eigenvalue weighted by Gasteiger charge is 2.31. The van der Waals surface area contributed by atoms with Gasteiger partial charge in [-0.1, -0.05) is 201 Å².